The Kier molecular flexibility index (Phi) is 3.23. The second-order valence-corrected chi connectivity index (χ2v) is 4.06. The van der Waals surface area contributed by atoms with Crippen LogP contribution >= 0.6 is 0 Å². The lowest BCUT2D eigenvalue weighted by Crippen LogP contribution is -2.15. The maximum absolute atomic E-state index is 12.1. The average Bonchev–Trinajstić information content (AvgIpc) is 2.35. The maximum Gasteiger partial charge on any atom is 0.257 e. The van der Waals surface area contributed by atoms with Crippen LogP contribution in [-0.4, -0.2) is 16.1 Å². The van der Waals surface area contributed by atoms with Crippen LogP contribution in [0.3, 0.4) is 0 Å². The first-order valence-electron chi connectivity index (χ1n) is 5.54. The molecule has 0 spiro atoms. The van der Waals surface area contributed by atoms with Gasteiger partial charge in [-0.15, -0.1) is 0 Å². The summed E-state index contributed by atoms with van der Waals surface area (Å²) in [5, 5.41) is 10.6. The van der Waals surface area contributed by atoms with E-state index in [1.165, 1.54) is 0 Å². The summed E-state index contributed by atoms with van der Waals surface area (Å²) < 4.78 is 0. The van der Waals surface area contributed by atoms with Crippen molar-refractivity contribution in [2.24, 2.45) is 0 Å². The molecule has 1 heterocycles. The summed E-state index contributed by atoms with van der Waals surface area (Å²) in [5.41, 5.74) is 8.78. The highest BCUT2D eigenvalue weighted by Gasteiger charge is 2.11. The number of benzene rings is 1. The Hall–Kier alpha value is -2.43. The van der Waals surface area contributed by atoms with Crippen LogP contribution < -0.4 is 11.1 Å². The number of nitrogen functional groups attached to an aromatic ring is 1. The Labute approximate surface area is 105 Å². The summed E-state index contributed by atoms with van der Waals surface area (Å²) in [6.45, 7) is 3.55. The normalized spacial score (nSPS) is 10.1. The lowest BCUT2D eigenvalue weighted by Gasteiger charge is -2.07. The second-order valence-electron chi connectivity index (χ2n) is 4.06. The van der Waals surface area contributed by atoms with Gasteiger partial charge in [0.05, 0.1) is 17.0 Å². The van der Waals surface area contributed by atoms with Gasteiger partial charge in [0.25, 0.3) is 5.91 Å². The van der Waals surface area contributed by atoms with Gasteiger partial charge in [-0.05, 0) is 44.2 Å². The standard InChI is InChI=1S/C13H14N4O/c1-8-7-12(9(2)17-16-8)13(18)15-11-5-3-10(14)4-6-11/h3-7H,14H2,1-2H3,(H,15,18). The monoisotopic (exact) mass is 242 g/mol. The van der Waals surface area contributed by atoms with Crippen LogP contribution in [0.1, 0.15) is 21.7 Å². The van der Waals surface area contributed by atoms with Crippen LogP contribution in [0.4, 0.5) is 11.4 Å². The number of nitrogens with zero attached hydrogens (tertiary/aromatic N) is 2. The van der Waals surface area contributed by atoms with Crippen molar-refractivity contribution in [3.05, 3.63) is 47.3 Å². The minimum atomic E-state index is -0.199. The van der Waals surface area contributed by atoms with Crippen molar-refractivity contribution < 1.29 is 4.79 Å². The summed E-state index contributed by atoms with van der Waals surface area (Å²) >= 11 is 0. The highest BCUT2D eigenvalue weighted by molar-refractivity contribution is 6.05. The molecule has 1 amide bonds. The van der Waals surface area contributed by atoms with E-state index in [9.17, 15) is 4.79 Å². The minimum absolute atomic E-state index is 0.199. The largest absolute Gasteiger partial charge is 0.399 e. The molecule has 0 aliphatic heterocycles. The third-order valence-electron chi connectivity index (χ3n) is 2.51. The van der Waals surface area contributed by atoms with E-state index >= 15 is 0 Å². The van der Waals surface area contributed by atoms with E-state index in [-0.39, 0.29) is 5.91 Å². The summed E-state index contributed by atoms with van der Waals surface area (Å²) in [4.78, 5) is 12.1. The first-order chi connectivity index (χ1) is 8.56. The summed E-state index contributed by atoms with van der Waals surface area (Å²) in [7, 11) is 0. The van der Waals surface area contributed by atoms with Gasteiger partial charge in [0.2, 0.25) is 0 Å². The molecule has 1 aromatic heterocycles. The topological polar surface area (TPSA) is 80.9 Å². The first-order valence-corrected chi connectivity index (χ1v) is 5.54. The molecule has 2 rings (SSSR count). The van der Waals surface area contributed by atoms with Gasteiger partial charge in [-0.25, -0.2) is 0 Å². The molecule has 92 valence electrons. The van der Waals surface area contributed by atoms with Gasteiger partial charge in [0, 0.05) is 11.4 Å². The summed E-state index contributed by atoms with van der Waals surface area (Å²) in [6.07, 6.45) is 0. The van der Waals surface area contributed by atoms with Crippen LogP contribution in [-0.2, 0) is 0 Å². The zero-order valence-corrected chi connectivity index (χ0v) is 10.3. The zero-order chi connectivity index (χ0) is 13.1. The molecule has 5 heteroatoms. The zero-order valence-electron chi connectivity index (χ0n) is 10.3. The molecule has 0 fully saturated rings. The van der Waals surface area contributed by atoms with Crippen LogP contribution in [0.25, 0.3) is 0 Å². The third kappa shape index (κ3) is 2.63. The fourth-order valence-electron chi connectivity index (χ4n) is 1.54. The van der Waals surface area contributed by atoms with Crippen molar-refractivity contribution in [1.29, 1.82) is 0 Å². The van der Waals surface area contributed by atoms with Crippen molar-refractivity contribution in [1.82, 2.24) is 10.2 Å². The Morgan fingerprint density at radius 1 is 1.17 bits per heavy atom. The minimum Gasteiger partial charge on any atom is -0.399 e. The number of anilines is 2. The Bertz CT molecular complexity index is 578. The molecule has 0 unspecified atom stereocenters. The molecule has 1 aromatic carbocycles. The van der Waals surface area contributed by atoms with Gasteiger partial charge in [-0.2, -0.15) is 10.2 Å². The molecule has 0 radical (unpaired) electrons. The summed E-state index contributed by atoms with van der Waals surface area (Å²) in [6, 6.07) is 8.69. The molecule has 0 aliphatic rings. The van der Waals surface area contributed by atoms with E-state index in [0.29, 0.717) is 28.3 Å². The van der Waals surface area contributed by atoms with Crippen LogP contribution in [0, 0.1) is 13.8 Å². The second kappa shape index (κ2) is 4.83. The smallest absolute Gasteiger partial charge is 0.257 e. The van der Waals surface area contributed by atoms with Crippen molar-refractivity contribution in [3.8, 4) is 0 Å². The molecule has 3 N–H and O–H groups in total. The predicted molar refractivity (Wildman–Crippen MR) is 70.3 cm³/mol. The van der Waals surface area contributed by atoms with Crippen molar-refractivity contribution >= 4 is 17.3 Å². The van der Waals surface area contributed by atoms with E-state index in [4.69, 9.17) is 5.73 Å². The molecular weight excluding hydrogens is 228 g/mol. The number of rotatable bonds is 2. The lowest BCUT2D eigenvalue weighted by atomic mass is 10.2. The quantitative estimate of drug-likeness (QED) is 0.788. The van der Waals surface area contributed by atoms with E-state index in [0.717, 1.165) is 0 Å². The molecule has 0 aliphatic carbocycles. The van der Waals surface area contributed by atoms with Crippen molar-refractivity contribution in [2.75, 3.05) is 11.1 Å². The average molecular weight is 242 g/mol. The number of amides is 1. The van der Waals surface area contributed by atoms with Crippen LogP contribution in [0.5, 0.6) is 0 Å². The van der Waals surface area contributed by atoms with Crippen LogP contribution in [0.15, 0.2) is 30.3 Å². The van der Waals surface area contributed by atoms with Gasteiger partial charge >= 0.3 is 0 Å². The number of hydrogen-bond acceptors (Lipinski definition) is 4. The molecule has 18 heavy (non-hydrogen) atoms. The van der Waals surface area contributed by atoms with Gasteiger partial charge in [-0.3, -0.25) is 4.79 Å². The Morgan fingerprint density at radius 3 is 2.50 bits per heavy atom. The molecule has 2 aromatic rings. The number of carbonyl (C=O) groups excluding carboxylic acids is 1. The van der Waals surface area contributed by atoms with Gasteiger partial charge in [0.1, 0.15) is 0 Å². The van der Waals surface area contributed by atoms with Gasteiger partial charge in [0.15, 0.2) is 0 Å². The SMILES string of the molecule is Cc1cc(C(=O)Nc2ccc(N)cc2)c(C)nn1. The first kappa shape index (κ1) is 12.0. The molecular formula is C13H14N4O. The lowest BCUT2D eigenvalue weighted by molar-refractivity contribution is 0.102. The third-order valence-corrected chi connectivity index (χ3v) is 2.51. The molecule has 0 atom stereocenters. The fraction of sp³-hybridized carbons (Fsp3) is 0.154. The molecule has 0 saturated carbocycles. The van der Waals surface area contributed by atoms with E-state index < -0.39 is 0 Å². The number of aromatic nitrogens is 2. The number of aryl methyl sites for hydroxylation is 2. The van der Waals surface area contributed by atoms with Crippen molar-refractivity contribution in [3.63, 3.8) is 0 Å². The van der Waals surface area contributed by atoms with E-state index in [1.54, 1.807) is 44.2 Å². The Balaban J connectivity index is 2.21. The number of hydrogen-bond donors (Lipinski definition) is 2. The summed E-state index contributed by atoms with van der Waals surface area (Å²) in [5.74, 6) is -0.199. The van der Waals surface area contributed by atoms with Gasteiger partial charge < -0.3 is 11.1 Å². The van der Waals surface area contributed by atoms with Gasteiger partial charge in [-0.1, -0.05) is 0 Å². The van der Waals surface area contributed by atoms with E-state index in [1.807, 2.05) is 0 Å². The Morgan fingerprint density at radius 2 is 1.83 bits per heavy atom. The number of nitrogens with two attached hydrogens (primary N) is 1. The van der Waals surface area contributed by atoms with E-state index in [2.05, 4.69) is 15.5 Å². The maximum atomic E-state index is 12.1. The van der Waals surface area contributed by atoms with Crippen molar-refractivity contribution in [2.45, 2.75) is 13.8 Å². The number of carbonyl (C=O) groups is 1. The molecule has 0 saturated heterocycles. The fourth-order valence-corrected chi connectivity index (χ4v) is 1.54. The van der Waals surface area contributed by atoms with Crippen LogP contribution in [0.2, 0.25) is 0 Å². The predicted octanol–water partition coefficient (Wildman–Crippen LogP) is 1.93. The highest BCUT2D eigenvalue weighted by atomic mass is 16.1. The number of nitrogens with one attached hydrogen (secondary N) is 1. The highest BCUT2D eigenvalue weighted by Crippen LogP contribution is 2.13. The molecule has 0 bridgehead atoms. The molecule has 5 nitrogen and oxygen atoms in total.